The van der Waals surface area contributed by atoms with E-state index in [1.807, 2.05) is 0 Å². The minimum atomic E-state index is 0.365. The summed E-state index contributed by atoms with van der Waals surface area (Å²) in [6.45, 7) is 8.03. The Morgan fingerprint density at radius 1 is 1.18 bits per heavy atom. The van der Waals surface area contributed by atoms with Crippen molar-refractivity contribution in [3.8, 4) is 0 Å². The fraction of sp³-hybridized carbons (Fsp3) is 1.00. The van der Waals surface area contributed by atoms with Crippen LogP contribution in [0, 0.1) is 5.92 Å². The van der Waals surface area contributed by atoms with Gasteiger partial charge in [0.2, 0.25) is 0 Å². The molecule has 1 aliphatic rings. The molecular weight excluding hydrogens is 214 g/mol. The topological polar surface area (TPSA) is 30.5 Å². The number of unbranched alkanes of at least 4 members (excludes halogenated alkanes) is 3. The van der Waals surface area contributed by atoms with E-state index >= 15 is 0 Å². The highest BCUT2D eigenvalue weighted by molar-refractivity contribution is 4.63. The zero-order chi connectivity index (χ0) is 12.3. The summed E-state index contributed by atoms with van der Waals surface area (Å²) in [6.07, 6.45) is 8.19. The van der Waals surface area contributed by atoms with Gasteiger partial charge in [-0.25, -0.2) is 0 Å². The molecule has 1 heterocycles. The van der Waals surface area contributed by atoms with Gasteiger partial charge in [0, 0.05) is 6.54 Å². The molecule has 0 spiro atoms. The maximum absolute atomic E-state index is 5.46. The van der Waals surface area contributed by atoms with E-state index in [0.29, 0.717) is 12.9 Å². The molecule has 17 heavy (non-hydrogen) atoms. The minimum Gasteiger partial charge on any atom is -0.355 e. The number of hydrogen-bond donors (Lipinski definition) is 1. The zero-order valence-electron chi connectivity index (χ0n) is 11.5. The van der Waals surface area contributed by atoms with Gasteiger partial charge in [-0.3, -0.25) is 0 Å². The second-order valence-electron chi connectivity index (χ2n) is 5.40. The van der Waals surface area contributed by atoms with E-state index in [1.165, 1.54) is 32.1 Å². The molecule has 0 amide bonds. The first kappa shape index (κ1) is 14.9. The third kappa shape index (κ3) is 8.58. The first-order valence-corrected chi connectivity index (χ1v) is 7.19. The van der Waals surface area contributed by atoms with Gasteiger partial charge in [0.25, 0.3) is 0 Å². The lowest BCUT2D eigenvalue weighted by Crippen LogP contribution is -2.34. The second kappa shape index (κ2) is 9.86. The molecule has 0 aromatic carbocycles. The second-order valence-corrected chi connectivity index (χ2v) is 5.40. The van der Waals surface area contributed by atoms with Gasteiger partial charge >= 0.3 is 0 Å². The Balaban J connectivity index is 1.78. The zero-order valence-corrected chi connectivity index (χ0v) is 11.5. The van der Waals surface area contributed by atoms with Crippen LogP contribution in [-0.4, -0.2) is 32.6 Å². The summed E-state index contributed by atoms with van der Waals surface area (Å²) in [4.78, 5) is 0. The Morgan fingerprint density at radius 2 is 2.00 bits per heavy atom. The fourth-order valence-electron chi connectivity index (χ4n) is 2.08. The van der Waals surface area contributed by atoms with E-state index in [0.717, 1.165) is 32.0 Å². The largest absolute Gasteiger partial charge is 0.355 e. The van der Waals surface area contributed by atoms with Crippen molar-refractivity contribution in [2.24, 2.45) is 5.92 Å². The number of nitrogens with one attached hydrogen (secondary N) is 1. The first-order valence-electron chi connectivity index (χ1n) is 7.19. The van der Waals surface area contributed by atoms with Crippen LogP contribution in [-0.2, 0) is 9.47 Å². The average molecular weight is 243 g/mol. The Bertz CT molecular complexity index is 168. The van der Waals surface area contributed by atoms with Gasteiger partial charge in [-0.15, -0.1) is 0 Å². The van der Waals surface area contributed by atoms with E-state index in [1.54, 1.807) is 0 Å². The summed E-state index contributed by atoms with van der Waals surface area (Å²) in [7, 11) is 0. The molecule has 1 rings (SSSR count). The van der Waals surface area contributed by atoms with Crippen molar-refractivity contribution in [3.63, 3.8) is 0 Å². The van der Waals surface area contributed by atoms with E-state index in [2.05, 4.69) is 19.2 Å². The van der Waals surface area contributed by atoms with Crippen LogP contribution in [0.1, 0.15) is 52.4 Å². The molecule has 1 aliphatic heterocycles. The van der Waals surface area contributed by atoms with Crippen molar-refractivity contribution < 1.29 is 9.47 Å². The van der Waals surface area contributed by atoms with Crippen LogP contribution in [0.4, 0.5) is 0 Å². The van der Waals surface area contributed by atoms with E-state index in [-0.39, 0.29) is 0 Å². The molecule has 1 fully saturated rings. The highest BCUT2D eigenvalue weighted by Crippen LogP contribution is 2.09. The molecule has 0 bridgehead atoms. The molecule has 0 aromatic heterocycles. The molecule has 102 valence electrons. The first-order chi connectivity index (χ1) is 8.29. The van der Waals surface area contributed by atoms with Crippen molar-refractivity contribution in [1.29, 1.82) is 0 Å². The highest BCUT2D eigenvalue weighted by Gasteiger charge is 2.12. The van der Waals surface area contributed by atoms with Crippen molar-refractivity contribution in [2.75, 3.05) is 26.5 Å². The maximum Gasteiger partial charge on any atom is 0.147 e. The Morgan fingerprint density at radius 3 is 2.71 bits per heavy atom. The van der Waals surface area contributed by atoms with Crippen molar-refractivity contribution in [2.45, 2.75) is 58.5 Å². The molecule has 3 nitrogen and oxygen atoms in total. The quantitative estimate of drug-likeness (QED) is 0.632. The lowest BCUT2D eigenvalue weighted by atomic mass is 10.0. The molecule has 1 N–H and O–H groups in total. The van der Waals surface area contributed by atoms with Crippen LogP contribution in [0.3, 0.4) is 0 Å². The molecular formula is C14H29NO2. The Kier molecular flexibility index (Phi) is 8.67. The Hall–Kier alpha value is -0.120. The van der Waals surface area contributed by atoms with Crippen molar-refractivity contribution >= 4 is 0 Å². The van der Waals surface area contributed by atoms with Crippen LogP contribution >= 0.6 is 0 Å². The van der Waals surface area contributed by atoms with E-state index in [4.69, 9.17) is 9.47 Å². The predicted octanol–water partition coefficient (Wildman–Crippen LogP) is 2.95. The highest BCUT2D eigenvalue weighted by atomic mass is 16.7. The van der Waals surface area contributed by atoms with Gasteiger partial charge < -0.3 is 14.8 Å². The number of ether oxygens (including phenoxy) is 2. The van der Waals surface area contributed by atoms with Crippen molar-refractivity contribution in [1.82, 2.24) is 5.32 Å². The number of rotatable bonds is 9. The Labute approximate surface area is 106 Å². The molecule has 0 saturated carbocycles. The van der Waals surface area contributed by atoms with Gasteiger partial charge in [-0.2, -0.15) is 0 Å². The summed E-state index contributed by atoms with van der Waals surface area (Å²) in [6, 6.07) is 0. The molecule has 1 atom stereocenters. The van der Waals surface area contributed by atoms with Gasteiger partial charge in [0.1, 0.15) is 6.79 Å². The molecule has 1 unspecified atom stereocenters. The SMILES string of the molecule is CC(C)CCCCCCNCC1CCOCO1. The van der Waals surface area contributed by atoms with Gasteiger partial charge in [0.05, 0.1) is 12.7 Å². The van der Waals surface area contributed by atoms with E-state index < -0.39 is 0 Å². The summed E-state index contributed by atoms with van der Waals surface area (Å²) >= 11 is 0. The third-order valence-corrected chi connectivity index (χ3v) is 3.23. The molecule has 0 aromatic rings. The molecule has 1 saturated heterocycles. The van der Waals surface area contributed by atoms with Crippen LogP contribution < -0.4 is 5.32 Å². The van der Waals surface area contributed by atoms with Crippen molar-refractivity contribution in [3.05, 3.63) is 0 Å². The van der Waals surface area contributed by atoms with Crippen LogP contribution in [0.25, 0.3) is 0 Å². The molecule has 3 heteroatoms. The van der Waals surface area contributed by atoms with Crippen LogP contribution in [0.5, 0.6) is 0 Å². The lowest BCUT2D eigenvalue weighted by molar-refractivity contribution is -0.137. The summed E-state index contributed by atoms with van der Waals surface area (Å²) < 4.78 is 10.6. The number of hydrogen-bond acceptors (Lipinski definition) is 3. The fourth-order valence-corrected chi connectivity index (χ4v) is 2.08. The van der Waals surface area contributed by atoms with E-state index in [9.17, 15) is 0 Å². The summed E-state index contributed by atoms with van der Waals surface area (Å²) in [5.74, 6) is 0.860. The smallest absolute Gasteiger partial charge is 0.147 e. The normalized spacial score (nSPS) is 21.0. The summed E-state index contributed by atoms with van der Waals surface area (Å²) in [5.41, 5.74) is 0. The predicted molar refractivity (Wildman–Crippen MR) is 71.1 cm³/mol. The average Bonchev–Trinajstić information content (AvgIpc) is 2.33. The van der Waals surface area contributed by atoms with Gasteiger partial charge in [-0.1, -0.05) is 39.5 Å². The lowest BCUT2D eigenvalue weighted by Gasteiger charge is -2.22. The molecule has 0 radical (unpaired) electrons. The van der Waals surface area contributed by atoms with Gasteiger partial charge in [-0.05, 0) is 25.3 Å². The van der Waals surface area contributed by atoms with Crippen LogP contribution in [0.2, 0.25) is 0 Å². The standard InChI is InChI=1S/C14H29NO2/c1-13(2)7-5-3-4-6-9-15-11-14-8-10-16-12-17-14/h13-15H,3-12H2,1-2H3. The maximum atomic E-state index is 5.46. The monoisotopic (exact) mass is 243 g/mol. The summed E-state index contributed by atoms with van der Waals surface area (Å²) in [5, 5.41) is 3.47. The van der Waals surface area contributed by atoms with Gasteiger partial charge in [0.15, 0.2) is 0 Å². The molecule has 0 aliphatic carbocycles. The minimum absolute atomic E-state index is 0.365. The van der Waals surface area contributed by atoms with Crippen LogP contribution in [0.15, 0.2) is 0 Å². The third-order valence-electron chi connectivity index (χ3n) is 3.23.